The number of carbonyl (C=O) groups excluding carboxylic acids is 1. The van der Waals surface area contributed by atoms with E-state index in [1.165, 1.54) is 22.9 Å². The smallest absolute Gasteiger partial charge is 0.408 e. The molecular weight excluding hydrogens is 459 g/mol. The Hall–Kier alpha value is -3.55. The molecule has 14 heteroatoms. The fourth-order valence-corrected chi connectivity index (χ4v) is 3.53. The summed E-state index contributed by atoms with van der Waals surface area (Å²) in [6, 6.07) is 3.12. The first kappa shape index (κ1) is 22.3. The molecule has 3 atom stereocenters. The minimum Gasteiger partial charge on any atom is -0.470 e. The van der Waals surface area contributed by atoms with E-state index in [2.05, 4.69) is 30.8 Å². The van der Waals surface area contributed by atoms with Gasteiger partial charge in [0, 0.05) is 17.8 Å². The van der Waals surface area contributed by atoms with Crippen LogP contribution in [0.1, 0.15) is 31.6 Å². The van der Waals surface area contributed by atoms with Gasteiger partial charge in [0.05, 0.1) is 18.5 Å². The summed E-state index contributed by atoms with van der Waals surface area (Å²) in [4.78, 5) is 20.3. The number of ether oxygens (including phenoxy) is 3. The second kappa shape index (κ2) is 8.66. The Labute approximate surface area is 191 Å². The van der Waals surface area contributed by atoms with Gasteiger partial charge in [-0.3, -0.25) is 9.50 Å². The maximum absolute atomic E-state index is 14.9. The van der Waals surface area contributed by atoms with Crippen molar-refractivity contribution in [3.05, 3.63) is 30.2 Å². The summed E-state index contributed by atoms with van der Waals surface area (Å²) in [5.41, 5.74) is 0.487. The highest BCUT2D eigenvalue weighted by atomic mass is 19.3. The number of fused-ring (bicyclic) bond motifs is 1. The maximum Gasteiger partial charge on any atom is 0.408 e. The summed E-state index contributed by atoms with van der Waals surface area (Å²) in [5, 5.41) is 12.5. The van der Waals surface area contributed by atoms with E-state index in [0.717, 1.165) is 12.8 Å². The van der Waals surface area contributed by atoms with Crippen molar-refractivity contribution in [3.63, 3.8) is 0 Å². The first-order valence-electron chi connectivity index (χ1n) is 10.6. The molecule has 1 aliphatic carbocycles. The molecule has 3 N–H and O–H groups in total. The highest BCUT2D eigenvalue weighted by Gasteiger charge is 2.44. The van der Waals surface area contributed by atoms with Gasteiger partial charge in [0.2, 0.25) is 11.8 Å². The van der Waals surface area contributed by atoms with Crippen molar-refractivity contribution >= 4 is 23.5 Å². The SMILES string of the molecule is CC1(NC(=O)O[C@H]2CO[C@@H](c3cc(Nc4nccc5nc(OCC(F)F)cn45)n[nH]3)[C@H]2F)CC1. The molecule has 0 bridgehead atoms. The predicted octanol–water partition coefficient (Wildman–Crippen LogP) is 2.90. The van der Waals surface area contributed by atoms with Crippen LogP contribution in [0.25, 0.3) is 5.65 Å². The number of H-pyrrole nitrogens is 1. The van der Waals surface area contributed by atoms with Crippen LogP contribution in [0.2, 0.25) is 0 Å². The third-order valence-electron chi connectivity index (χ3n) is 5.61. The zero-order valence-corrected chi connectivity index (χ0v) is 18.0. The van der Waals surface area contributed by atoms with Crippen LogP contribution in [0.5, 0.6) is 5.88 Å². The van der Waals surface area contributed by atoms with Crippen LogP contribution >= 0.6 is 0 Å². The van der Waals surface area contributed by atoms with Gasteiger partial charge >= 0.3 is 6.09 Å². The van der Waals surface area contributed by atoms with E-state index in [4.69, 9.17) is 14.2 Å². The van der Waals surface area contributed by atoms with Gasteiger partial charge in [0.25, 0.3) is 6.43 Å². The van der Waals surface area contributed by atoms with Crippen molar-refractivity contribution in [2.24, 2.45) is 0 Å². The lowest BCUT2D eigenvalue weighted by Gasteiger charge is -2.17. The molecule has 0 spiro atoms. The number of alkyl carbamates (subject to hydrolysis) is 1. The summed E-state index contributed by atoms with van der Waals surface area (Å²) in [6.07, 6.45) is -2.31. The summed E-state index contributed by atoms with van der Waals surface area (Å²) in [5.74, 6) is 0.605. The monoisotopic (exact) mass is 481 g/mol. The number of halogens is 3. The van der Waals surface area contributed by atoms with Crippen LogP contribution < -0.4 is 15.4 Å². The third-order valence-corrected chi connectivity index (χ3v) is 5.61. The number of nitrogens with one attached hydrogen (secondary N) is 3. The second-order valence-corrected chi connectivity index (χ2v) is 8.44. The number of rotatable bonds is 8. The predicted molar refractivity (Wildman–Crippen MR) is 111 cm³/mol. The fourth-order valence-electron chi connectivity index (χ4n) is 3.53. The Morgan fingerprint density at radius 1 is 1.44 bits per heavy atom. The summed E-state index contributed by atoms with van der Waals surface area (Å²) < 4.78 is 56.9. The Morgan fingerprint density at radius 2 is 2.26 bits per heavy atom. The molecule has 0 unspecified atom stereocenters. The second-order valence-electron chi connectivity index (χ2n) is 8.44. The van der Waals surface area contributed by atoms with Crippen molar-refractivity contribution in [2.45, 2.75) is 50.1 Å². The van der Waals surface area contributed by atoms with E-state index in [0.29, 0.717) is 17.2 Å². The molecule has 1 saturated heterocycles. The lowest BCUT2D eigenvalue weighted by molar-refractivity contribution is 0.0604. The fraction of sp³-hybridized carbons (Fsp3) is 0.500. The number of aromatic amines is 1. The first-order valence-corrected chi connectivity index (χ1v) is 10.6. The molecule has 3 aromatic heterocycles. The van der Waals surface area contributed by atoms with Gasteiger partial charge in [-0.25, -0.2) is 22.9 Å². The Balaban J connectivity index is 1.24. The van der Waals surface area contributed by atoms with Gasteiger partial charge in [-0.2, -0.15) is 10.1 Å². The first-order chi connectivity index (χ1) is 16.3. The largest absolute Gasteiger partial charge is 0.470 e. The summed E-state index contributed by atoms with van der Waals surface area (Å²) >= 11 is 0. The van der Waals surface area contributed by atoms with Crippen LogP contribution in [0.3, 0.4) is 0 Å². The van der Waals surface area contributed by atoms with Crippen molar-refractivity contribution < 1.29 is 32.2 Å². The quantitative estimate of drug-likeness (QED) is 0.448. The van der Waals surface area contributed by atoms with E-state index >= 15 is 0 Å². The summed E-state index contributed by atoms with van der Waals surface area (Å²) in [7, 11) is 0. The zero-order valence-electron chi connectivity index (χ0n) is 18.0. The number of nitrogens with zero attached hydrogens (tertiary/aromatic N) is 4. The van der Waals surface area contributed by atoms with Crippen molar-refractivity contribution in [1.82, 2.24) is 29.9 Å². The number of amides is 1. The van der Waals surface area contributed by atoms with Crippen molar-refractivity contribution in [2.75, 3.05) is 18.5 Å². The molecule has 5 rings (SSSR count). The Morgan fingerprint density at radius 3 is 3.03 bits per heavy atom. The summed E-state index contributed by atoms with van der Waals surface area (Å²) in [6.45, 7) is 1.03. The van der Waals surface area contributed by atoms with Gasteiger partial charge < -0.3 is 24.8 Å². The molecular formula is C20H22F3N7O4. The van der Waals surface area contributed by atoms with E-state index < -0.39 is 37.5 Å². The number of hydrogen-bond acceptors (Lipinski definition) is 8. The Bertz CT molecular complexity index is 1180. The minimum atomic E-state index is -2.62. The van der Waals surface area contributed by atoms with Crippen molar-refractivity contribution in [1.29, 1.82) is 0 Å². The van der Waals surface area contributed by atoms with Gasteiger partial charge in [-0.05, 0) is 25.8 Å². The molecule has 2 fully saturated rings. The standard InChI is InChI=1S/C20H22F3N7O4/c1-20(3-4-20)27-19(31)34-11-8-33-17(16(11)23)10-6-13(29-28-10)25-18-24-5-2-14-26-15(7-30(14)18)32-9-12(21)22/h2,5-7,11-12,16-17H,3-4,8-9H2,1H3,(H,27,31)(H2,24,25,28,29)/t11-,16-,17-/m0/s1. The number of aromatic nitrogens is 5. The normalized spacial score (nSPS) is 23.3. The number of alkyl halides is 3. The van der Waals surface area contributed by atoms with Crippen molar-refractivity contribution in [3.8, 4) is 5.88 Å². The van der Waals surface area contributed by atoms with Crippen LogP contribution in [0.15, 0.2) is 24.5 Å². The molecule has 1 aliphatic heterocycles. The van der Waals surface area contributed by atoms with Gasteiger partial charge in [-0.1, -0.05) is 0 Å². The van der Waals surface area contributed by atoms with Crippen LogP contribution in [-0.2, 0) is 9.47 Å². The number of carbonyl (C=O) groups is 1. The molecule has 0 radical (unpaired) electrons. The number of hydrogen-bond donors (Lipinski definition) is 3. The van der Waals surface area contributed by atoms with E-state index in [-0.39, 0.29) is 24.0 Å². The topological polar surface area (TPSA) is 128 Å². The van der Waals surface area contributed by atoms with E-state index in [1.807, 2.05) is 6.92 Å². The van der Waals surface area contributed by atoms with E-state index in [1.54, 1.807) is 6.07 Å². The average molecular weight is 481 g/mol. The number of imidazole rings is 1. The molecule has 1 amide bonds. The van der Waals surface area contributed by atoms with Crippen LogP contribution in [-0.4, -0.2) is 68.1 Å². The average Bonchev–Trinajstić information content (AvgIpc) is 3.15. The van der Waals surface area contributed by atoms with Crippen LogP contribution in [0.4, 0.5) is 29.7 Å². The molecule has 3 aromatic rings. The molecule has 11 nitrogen and oxygen atoms in total. The lowest BCUT2D eigenvalue weighted by atomic mass is 10.1. The zero-order chi connectivity index (χ0) is 23.9. The highest BCUT2D eigenvalue weighted by Crippen LogP contribution is 2.36. The van der Waals surface area contributed by atoms with Crippen LogP contribution in [0, 0.1) is 0 Å². The third kappa shape index (κ3) is 4.71. The molecule has 34 heavy (non-hydrogen) atoms. The lowest BCUT2D eigenvalue weighted by Crippen LogP contribution is -2.39. The van der Waals surface area contributed by atoms with Gasteiger partial charge in [0.15, 0.2) is 24.7 Å². The highest BCUT2D eigenvalue weighted by molar-refractivity contribution is 5.69. The van der Waals surface area contributed by atoms with Gasteiger partial charge in [-0.15, -0.1) is 0 Å². The molecule has 4 heterocycles. The maximum atomic E-state index is 14.9. The molecule has 2 aliphatic rings. The molecule has 182 valence electrons. The van der Waals surface area contributed by atoms with Gasteiger partial charge in [0.1, 0.15) is 11.8 Å². The van der Waals surface area contributed by atoms with E-state index in [9.17, 15) is 18.0 Å². The minimum absolute atomic E-state index is 0.0180. The Kier molecular flexibility index (Phi) is 5.67. The number of anilines is 2. The molecule has 1 saturated carbocycles. The molecule has 0 aromatic carbocycles.